The molecule has 0 bridgehead atoms. The third-order valence-electron chi connectivity index (χ3n) is 3.24. The third kappa shape index (κ3) is 5.09. The first-order valence-electron chi connectivity index (χ1n) is 7.57. The number of hydrogen-bond donors (Lipinski definition) is 2. The largest absolute Gasteiger partial charge is 0.492 e. The summed E-state index contributed by atoms with van der Waals surface area (Å²) in [6.45, 7) is 4.32. The summed E-state index contributed by atoms with van der Waals surface area (Å²) in [6, 6.07) is 12.6. The van der Waals surface area contributed by atoms with E-state index in [0.29, 0.717) is 23.7 Å². The number of para-hydroxylation sites is 2. The number of benzene rings is 2. The van der Waals surface area contributed by atoms with E-state index >= 15 is 0 Å². The molecule has 0 atom stereocenters. The lowest BCUT2D eigenvalue weighted by atomic mass is 10.2. The Labute approximate surface area is 149 Å². The van der Waals surface area contributed by atoms with E-state index in [2.05, 4.69) is 26.6 Å². The Morgan fingerprint density at radius 3 is 2.50 bits per heavy atom. The van der Waals surface area contributed by atoms with Gasteiger partial charge in [-0.15, -0.1) is 0 Å². The van der Waals surface area contributed by atoms with Crippen LogP contribution in [-0.4, -0.2) is 18.4 Å². The van der Waals surface area contributed by atoms with Crippen LogP contribution in [0.1, 0.15) is 18.9 Å². The van der Waals surface area contributed by atoms with Crippen LogP contribution in [0.2, 0.25) is 0 Å². The van der Waals surface area contributed by atoms with Crippen molar-refractivity contribution in [3.63, 3.8) is 0 Å². The van der Waals surface area contributed by atoms with Crippen molar-refractivity contribution >= 4 is 39.1 Å². The maximum absolute atomic E-state index is 12.1. The Morgan fingerprint density at radius 2 is 1.79 bits per heavy atom. The molecule has 0 saturated heterocycles. The number of anilines is 2. The van der Waals surface area contributed by atoms with E-state index in [9.17, 15) is 9.59 Å². The average molecular weight is 391 g/mol. The predicted molar refractivity (Wildman–Crippen MR) is 98.4 cm³/mol. The van der Waals surface area contributed by atoms with Crippen LogP contribution in [0.25, 0.3) is 0 Å². The van der Waals surface area contributed by atoms with Crippen molar-refractivity contribution in [3.05, 3.63) is 52.5 Å². The van der Waals surface area contributed by atoms with Crippen molar-refractivity contribution in [2.24, 2.45) is 0 Å². The van der Waals surface area contributed by atoms with Gasteiger partial charge in [0.05, 0.1) is 12.3 Å². The second-order valence-corrected chi connectivity index (χ2v) is 6.02. The highest BCUT2D eigenvalue weighted by molar-refractivity contribution is 9.10. The summed E-state index contributed by atoms with van der Waals surface area (Å²) in [5.41, 5.74) is 2.26. The third-order valence-corrected chi connectivity index (χ3v) is 4.09. The van der Waals surface area contributed by atoms with Crippen molar-refractivity contribution < 1.29 is 14.3 Å². The molecule has 0 aliphatic rings. The molecule has 2 aromatic carbocycles. The fraction of sp³-hybridized carbons (Fsp3) is 0.222. The van der Waals surface area contributed by atoms with Gasteiger partial charge in [0.1, 0.15) is 12.2 Å². The van der Waals surface area contributed by atoms with Gasteiger partial charge in [0.2, 0.25) is 11.8 Å². The maximum Gasteiger partial charge on any atom is 0.233 e. The summed E-state index contributed by atoms with van der Waals surface area (Å²) in [6.07, 6.45) is -0.272. The molecule has 5 nitrogen and oxygen atoms in total. The van der Waals surface area contributed by atoms with Crippen molar-refractivity contribution in [1.82, 2.24) is 0 Å². The fourth-order valence-corrected chi connectivity index (χ4v) is 2.45. The Balaban J connectivity index is 1.94. The predicted octanol–water partition coefficient (Wildman–Crippen LogP) is 4.12. The molecular weight excluding hydrogens is 372 g/mol. The van der Waals surface area contributed by atoms with Gasteiger partial charge in [0.25, 0.3) is 0 Å². The molecule has 0 aliphatic heterocycles. The van der Waals surface area contributed by atoms with Crippen LogP contribution in [-0.2, 0) is 9.59 Å². The molecule has 2 rings (SSSR count). The first kappa shape index (κ1) is 18.0. The topological polar surface area (TPSA) is 67.4 Å². The molecule has 24 heavy (non-hydrogen) atoms. The normalized spacial score (nSPS) is 10.1. The number of carbonyl (C=O) groups is 2. The second-order valence-electron chi connectivity index (χ2n) is 5.17. The number of amides is 2. The minimum absolute atomic E-state index is 0.272. The zero-order valence-electron chi connectivity index (χ0n) is 13.6. The SMILES string of the molecule is CCOc1ccccc1NC(=O)CC(=O)Nc1ccc(C)c(Br)c1. The Kier molecular flexibility index (Phi) is 6.37. The number of carbonyl (C=O) groups excluding carboxylic acids is 2. The highest BCUT2D eigenvalue weighted by Gasteiger charge is 2.12. The Morgan fingerprint density at radius 1 is 1.08 bits per heavy atom. The summed E-state index contributed by atoms with van der Waals surface area (Å²) < 4.78 is 6.34. The zero-order valence-corrected chi connectivity index (χ0v) is 15.1. The summed E-state index contributed by atoms with van der Waals surface area (Å²) in [7, 11) is 0. The molecule has 2 N–H and O–H groups in total. The molecule has 2 amide bonds. The highest BCUT2D eigenvalue weighted by atomic mass is 79.9. The van der Waals surface area contributed by atoms with E-state index < -0.39 is 5.91 Å². The Bertz CT molecular complexity index is 747. The van der Waals surface area contributed by atoms with Gasteiger partial charge in [-0.3, -0.25) is 9.59 Å². The maximum atomic E-state index is 12.1. The van der Waals surface area contributed by atoms with Crippen molar-refractivity contribution in [2.75, 3.05) is 17.2 Å². The van der Waals surface area contributed by atoms with Crippen LogP contribution < -0.4 is 15.4 Å². The number of nitrogens with one attached hydrogen (secondary N) is 2. The smallest absolute Gasteiger partial charge is 0.233 e. The first-order chi connectivity index (χ1) is 11.5. The summed E-state index contributed by atoms with van der Waals surface area (Å²) in [4.78, 5) is 24.1. The number of rotatable bonds is 6. The molecule has 0 heterocycles. The molecule has 0 spiro atoms. The van der Waals surface area contributed by atoms with Crippen molar-refractivity contribution in [1.29, 1.82) is 0 Å². The lowest BCUT2D eigenvalue weighted by Gasteiger charge is -2.11. The molecule has 2 aromatic rings. The fourth-order valence-electron chi connectivity index (χ4n) is 2.07. The van der Waals surface area contributed by atoms with Gasteiger partial charge >= 0.3 is 0 Å². The Hall–Kier alpha value is -2.34. The zero-order chi connectivity index (χ0) is 17.5. The molecule has 0 fully saturated rings. The van der Waals surface area contributed by atoms with Crippen LogP contribution in [0.3, 0.4) is 0 Å². The van der Waals surface area contributed by atoms with E-state index in [0.717, 1.165) is 10.0 Å². The molecule has 0 aromatic heterocycles. The van der Waals surface area contributed by atoms with E-state index in [4.69, 9.17) is 4.74 Å². The van der Waals surface area contributed by atoms with Gasteiger partial charge in [0, 0.05) is 10.2 Å². The van der Waals surface area contributed by atoms with Crippen LogP contribution in [0.4, 0.5) is 11.4 Å². The van der Waals surface area contributed by atoms with Gasteiger partial charge in [-0.2, -0.15) is 0 Å². The van der Waals surface area contributed by atoms with Gasteiger partial charge in [-0.1, -0.05) is 34.1 Å². The number of aryl methyl sites for hydroxylation is 1. The van der Waals surface area contributed by atoms with Crippen LogP contribution >= 0.6 is 15.9 Å². The first-order valence-corrected chi connectivity index (χ1v) is 8.36. The molecule has 0 unspecified atom stereocenters. The van der Waals surface area contributed by atoms with E-state index in [-0.39, 0.29) is 12.3 Å². The van der Waals surface area contributed by atoms with E-state index in [1.165, 1.54) is 0 Å². The lowest BCUT2D eigenvalue weighted by molar-refractivity contribution is -0.123. The number of hydrogen-bond acceptors (Lipinski definition) is 3. The van der Waals surface area contributed by atoms with Gasteiger partial charge < -0.3 is 15.4 Å². The molecule has 0 saturated carbocycles. The average Bonchev–Trinajstić information content (AvgIpc) is 2.53. The van der Waals surface area contributed by atoms with E-state index in [1.807, 2.05) is 26.0 Å². The highest BCUT2D eigenvalue weighted by Crippen LogP contribution is 2.24. The summed E-state index contributed by atoms with van der Waals surface area (Å²) >= 11 is 3.41. The van der Waals surface area contributed by atoms with Crippen LogP contribution in [0.5, 0.6) is 5.75 Å². The van der Waals surface area contributed by atoms with Gasteiger partial charge in [-0.05, 0) is 43.7 Å². The van der Waals surface area contributed by atoms with Crippen molar-refractivity contribution in [3.8, 4) is 5.75 Å². The summed E-state index contributed by atoms with van der Waals surface area (Å²) in [5.74, 6) is -0.195. The molecule has 6 heteroatoms. The van der Waals surface area contributed by atoms with Crippen molar-refractivity contribution in [2.45, 2.75) is 20.3 Å². The summed E-state index contributed by atoms with van der Waals surface area (Å²) in [5, 5.41) is 5.40. The van der Waals surface area contributed by atoms with E-state index in [1.54, 1.807) is 30.3 Å². The molecular formula is C18H19BrN2O3. The molecule has 0 radical (unpaired) electrons. The minimum Gasteiger partial charge on any atom is -0.492 e. The molecule has 0 aliphatic carbocycles. The standard InChI is InChI=1S/C18H19BrN2O3/c1-3-24-16-7-5-4-6-15(16)21-18(23)11-17(22)20-13-9-8-12(2)14(19)10-13/h4-10H,3,11H2,1-2H3,(H,20,22)(H,21,23). The van der Waals surface area contributed by atoms with Gasteiger partial charge in [-0.25, -0.2) is 0 Å². The molecule has 126 valence electrons. The van der Waals surface area contributed by atoms with Crippen LogP contribution in [0.15, 0.2) is 46.9 Å². The minimum atomic E-state index is -0.397. The monoisotopic (exact) mass is 390 g/mol. The van der Waals surface area contributed by atoms with Gasteiger partial charge in [0.15, 0.2) is 0 Å². The second kappa shape index (κ2) is 8.49. The number of ether oxygens (including phenoxy) is 1. The number of halogens is 1. The van der Waals surface area contributed by atoms with Crippen LogP contribution in [0, 0.1) is 6.92 Å². The lowest BCUT2D eigenvalue weighted by Crippen LogP contribution is -2.21. The quantitative estimate of drug-likeness (QED) is 0.728.